The van der Waals surface area contributed by atoms with E-state index in [9.17, 15) is 13.2 Å². The summed E-state index contributed by atoms with van der Waals surface area (Å²) < 4.78 is 27.2. The first-order chi connectivity index (χ1) is 12.7. The molecule has 1 N–H and O–H groups in total. The van der Waals surface area contributed by atoms with Crippen LogP contribution in [0, 0.1) is 6.92 Å². The first-order valence-electron chi connectivity index (χ1n) is 8.81. The molecule has 0 aliphatic carbocycles. The SMILES string of the molecule is Cc1ccccc1N(C)S(=O)(=O)c1cccc(C(=O)NCCCN(C)C)c1. The summed E-state index contributed by atoms with van der Waals surface area (Å²) in [5.74, 6) is -0.274. The average molecular weight is 390 g/mol. The van der Waals surface area contributed by atoms with Gasteiger partial charge in [-0.2, -0.15) is 0 Å². The second-order valence-corrected chi connectivity index (χ2v) is 8.67. The van der Waals surface area contributed by atoms with Crippen molar-refractivity contribution in [2.24, 2.45) is 0 Å². The summed E-state index contributed by atoms with van der Waals surface area (Å²) in [5.41, 5.74) is 1.80. The monoisotopic (exact) mass is 389 g/mol. The second kappa shape index (κ2) is 9.01. The summed E-state index contributed by atoms with van der Waals surface area (Å²) in [5, 5.41) is 2.83. The van der Waals surface area contributed by atoms with Crippen molar-refractivity contribution in [2.75, 3.05) is 38.5 Å². The molecule has 0 heterocycles. The minimum Gasteiger partial charge on any atom is -0.352 e. The second-order valence-electron chi connectivity index (χ2n) is 6.70. The Morgan fingerprint density at radius 3 is 2.41 bits per heavy atom. The zero-order valence-electron chi connectivity index (χ0n) is 16.3. The van der Waals surface area contributed by atoms with Crippen LogP contribution in [0.3, 0.4) is 0 Å². The highest BCUT2D eigenvalue weighted by molar-refractivity contribution is 7.92. The third kappa shape index (κ3) is 5.30. The third-order valence-corrected chi connectivity index (χ3v) is 6.04. The number of hydrogen-bond acceptors (Lipinski definition) is 4. The molecule has 0 spiro atoms. The van der Waals surface area contributed by atoms with Gasteiger partial charge in [-0.15, -0.1) is 0 Å². The number of anilines is 1. The van der Waals surface area contributed by atoms with E-state index in [-0.39, 0.29) is 10.8 Å². The maximum atomic E-state index is 13.0. The van der Waals surface area contributed by atoms with Gasteiger partial charge >= 0.3 is 0 Å². The van der Waals surface area contributed by atoms with Crippen molar-refractivity contribution in [3.63, 3.8) is 0 Å². The van der Waals surface area contributed by atoms with E-state index in [2.05, 4.69) is 5.32 Å². The van der Waals surface area contributed by atoms with E-state index >= 15 is 0 Å². The first kappa shape index (κ1) is 20.9. The molecule has 146 valence electrons. The molecule has 1 amide bonds. The van der Waals surface area contributed by atoms with E-state index < -0.39 is 10.0 Å². The van der Waals surface area contributed by atoms with Crippen molar-refractivity contribution < 1.29 is 13.2 Å². The zero-order chi connectivity index (χ0) is 20.0. The van der Waals surface area contributed by atoms with Gasteiger partial charge < -0.3 is 10.2 Å². The van der Waals surface area contributed by atoms with E-state index in [1.54, 1.807) is 24.3 Å². The molecule has 0 aliphatic rings. The van der Waals surface area contributed by atoms with Gasteiger partial charge in [-0.25, -0.2) is 8.42 Å². The van der Waals surface area contributed by atoms with Crippen LogP contribution in [0.15, 0.2) is 53.4 Å². The lowest BCUT2D eigenvalue weighted by Crippen LogP contribution is -2.29. The fourth-order valence-electron chi connectivity index (χ4n) is 2.70. The molecule has 0 bridgehead atoms. The van der Waals surface area contributed by atoms with E-state index in [4.69, 9.17) is 0 Å². The lowest BCUT2D eigenvalue weighted by molar-refractivity contribution is 0.0952. The number of nitrogens with one attached hydrogen (secondary N) is 1. The van der Waals surface area contributed by atoms with Crippen molar-refractivity contribution in [3.05, 3.63) is 59.7 Å². The minimum absolute atomic E-state index is 0.0918. The van der Waals surface area contributed by atoms with Gasteiger partial charge in [0, 0.05) is 19.2 Å². The molecule has 2 rings (SSSR count). The van der Waals surface area contributed by atoms with Gasteiger partial charge in [0.1, 0.15) is 0 Å². The van der Waals surface area contributed by atoms with E-state index in [1.165, 1.54) is 23.5 Å². The molecule has 2 aromatic carbocycles. The normalized spacial score (nSPS) is 11.4. The molecule has 0 unspecified atom stereocenters. The highest BCUT2D eigenvalue weighted by Gasteiger charge is 2.23. The molecule has 6 nitrogen and oxygen atoms in total. The molecule has 2 aromatic rings. The number of benzene rings is 2. The van der Waals surface area contributed by atoms with Crippen molar-refractivity contribution in [1.82, 2.24) is 10.2 Å². The highest BCUT2D eigenvalue weighted by atomic mass is 32.2. The topological polar surface area (TPSA) is 69.7 Å². The van der Waals surface area contributed by atoms with Crippen molar-refractivity contribution >= 4 is 21.6 Å². The highest BCUT2D eigenvalue weighted by Crippen LogP contribution is 2.25. The molecule has 0 fully saturated rings. The summed E-state index contributed by atoms with van der Waals surface area (Å²) in [4.78, 5) is 14.5. The Hall–Kier alpha value is -2.38. The van der Waals surface area contributed by atoms with Crippen molar-refractivity contribution in [2.45, 2.75) is 18.2 Å². The lowest BCUT2D eigenvalue weighted by atomic mass is 10.2. The van der Waals surface area contributed by atoms with E-state index in [0.29, 0.717) is 17.8 Å². The van der Waals surface area contributed by atoms with Gasteiger partial charge in [0.15, 0.2) is 0 Å². The molecule has 0 saturated heterocycles. The molecule has 0 atom stereocenters. The average Bonchev–Trinajstić information content (AvgIpc) is 2.64. The van der Waals surface area contributed by atoms with Crippen LogP contribution < -0.4 is 9.62 Å². The van der Waals surface area contributed by atoms with Gasteiger partial charge in [0.2, 0.25) is 0 Å². The standard InChI is InChI=1S/C20H27N3O3S/c1-16-9-5-6-12-19(16)23(4)27(25,26)18-11-7-10-17(15-18)20(24)21-13-8-14-22(2)3/h5-7,9-12,15H,8,13-14H2,1-4H3,(H,21,24). The summed E-state index contributed by atoms with van der Waals surface area (Å²) in [6, 6.07) is 13.4. The van der Waals surface area contributed by atoms with Crippen LogP contribution >= 0.6 is 0 Å². The maximum Gasteiger partial charge on any atom is 0.264 e. The Morgan fingerprint density at radius 2 is 1.74 bits per heavy atom. The Labute approximate surface area is 161 Å². The maximum absolute atomic E-state index is 13.0. The third-order valence-electron chi connectivity index (χ3n) is 4.28. The van der Waals surface area contributed by atoms with Gasteiger partial charge in [-0.05, 0) is 63.8 Å². The minimum atomic E-state index is -3.76. The van der Waals surface area contributed by atoms with Crippen LogP contribution in [0.5, 0.6) is 0 Å². The number of nitrogens with zero attached hydrogens (tertiary/aromatic N) is 2. The number of amides is 1. The molecule has 7 heteroatoms. The molecule has 0 aromatic heterocycles. The molecule has 27 heavy (non-hydrogen) atoms. The Balaban J connectivity index is 2.18. The van der Waals surface area contributed by atoms with Crippen LogP contribution in [0.1, 0.15) is 22.3 Å². The summed E-state index contributed by atoms with van der Waals surface area (Å²) in [6.07, 6.45) is 0.826. The summed E-state index contributed by atoms with van der Waals surface area (Å²) >= 11 is 0. The zero-order valence-corrected chi connectivity index (χ0v) is 17.1. The van der Waals surface area contributed by atoms with E-state index in [0.717, 1.165) is 18.5 Å². The molecule has 0 radical (unpaired) electrons. The number of sulfonamides is 1. The number of hydrogen-bond donors (Lipinski definition) is 1. The number of carbonyl (C=O) groups is 1. The lowest BCUT2D eigenvalue weighted by Gasteiger charge is -2.21. The Bertz CT molecular complexity index is 895. The van der Waals surface area contributed by atoms with Gasteiger partial charge in [-0.1, -0.05) is 24.3 Å². The predicted octanol–water partition coefficient (Wildman–Crippen LogP) is 2.50. The van der Waals surface area contributed by atoms with Crippen LogP contribution in [0.25, 0.3) is 0 Å². The fourth-order valence-corrected chi connectivity index (χ4v) is 4.01. The Kier molecular flexibility index (Phi) is 6.98. The number of aryl methyl sites for hydroxylation is 1. The van der Waals surface area contributed by atoms with Crippen molar-refractivity contribution in [3.8, 4) is 0 Å². The number of rotatable bonds is 8. The quantitative estimate of drug-likeness (QED) is 0.705. The van der Waals surface area contributed by atoms with Crippen LogP contribution in [0.2, 0.25) is 0 Å². The van der Waals surface area contributed by atoms with Crippen LogP contribution in [0.4, 0.5) is 5.69 Å². The van der Waals surface area contributed by atoms with Crippen molar-refractivity contribution in [1.29, 1.82) is 0 Å². The molecule has 0 saturated carbocycles. The van der Waals surface area contributed by atoms with Gasteiger partial charge in [0.25, 0.3) is 15.9 Å². The first-order valence-corrected chi connectivity index (χ1v) is 10.2. The molecular formula is C20H27N3O3S. The largest absolute Gasteiger partial charge is 0.352 e. The van der Waals surface area contributed by atoms with E-state index in [1.807, 2.05) is 38.1 Å². The molecular weight excluding hydrogens is 362 g/mol. The van der Waals surface area contributed by atoms with Crippen LogP contribution in [-0.2, 0) is 10.0 Å². The smallest absolute Gasteiger partial charge is 0.264 e. The number of para-hydroxylation sites is 1. The fraction of sp³-hybridized carbons (Fsp3) is 0.350. The number of carbonyl (C=O) groups excluding carboxylic acids is 1. The summed E-state index contributed by atoms with van der Waals surface area (Å²) in [6.45, 7) is 3.27. The van der Waals surface area contributed by atoms with Gasteiger partial charge in [-0.3, -0.25) is 9.10 Å². The molecule has 0 aliphatic heterocycles. The van der Waals surface area contributed by atoms with Gasteiger partial charge in [0.05, 0.1) is 10.6 Å². The summed E-state index contributed by atoms with van der Waals surface area (Å²) in [7, 11) is 1.71. The Morgan fingerprint density at radius 1 is 1.04 bits per heavy atom. The van der Waals surface area contributed by atoms with Crippen LogP contribution in [-0.4, -0.2) is 53.5 Å². The predicted molar refractivity (Wildman–Crippen MR) is 109 cm³/mol.